The van der Waals surface area contributed by atoms with Crippen molar-refractivity contribution in [3.63, 3.8) is 0 Å². The van der Waals surface area contributed by atoms with Gasteiger partial charge in [0.2, 0.25) is 0 Å². The van der Waals surface area contributed by atoms with Crippen LogP contribution >= 0.6 is 0 Å². The van der Waals surface area contributed by atoms with Crippen molar-refractivity contribution in [2.24, 2.45) is 0 Å². The Bertz CT molecular complexity index is 953. The first-order valence-electron chi connectivity index (χ1n) is 10.2. The minimum Gasteiger partial charge on any atom is -0.496 e. The van der Waals surface area contributed by atoms with Crippen LogP contribution in [0.5, 0.6) is 11.5 Å². The van der Waals surface area contributed by atoms with E-state index in [2.05, 4.69) is 4.90 Å². The van der Waals surface area contributed by atoms with Crippen molar-refractivity contribution >= 4 is 23.3 Å². The van der Waals surface area contributed by atoms with Crippen LogP contribution < -0.4 is 14.4 Å². The topological polar surface area (TPSA) is 68.3 Å². The third kappa shape index (κ3) is 3.79. The number of benzene rings is 2. The van der Waals surface area contributed by atoms with Gasteiger partial charge in [0.15, 0.2) is 0 Å². The molecule has 2 aliphatic rings. The number of fused-ring (bicyclic) bond motifs is 1. The summed E-state index contributed by atoms with van der Waals surface area (Å²) in [5.74, 6) is 0.744. The number of ether oxygens (including phenoxy) is 3. The van der Waals surface area contributed by atoms with Gasteiger partial charge in [0.05, 0.1) is 26.5 Å². The predicted octanol–water partition coefficient (Wildman–Crippen LogP) is 3.64. The van der Waals surface area contributed by atoms with Crippen molar-refractivity contribution < 1.29 is 23.8 Å². The molecule has 0 N–H and O–H groups in total. The second-order valence-electron chi connectivity index (χ2n) is 7.41. The molecule has 1 fully saturated rings. The first-order chi connectivity index (χ1) is 14.6. The van der Waals surface area contributed by atoms with E-state index in [1.807, 2.05) is 35.2 Å². The summed E-state index contributed by atoms with van der Waals surface area (Å²) in [5, 5.41) is 0. The molecule has 0 saturated carbocycles. The summed E-state index contributed by atoms with van der Waals surface area (Å²) in [6, 6.07) is 11.0. The van der Waals surface area contributed by atoms with E-state index >= 15 is 0 Å². The van der Waals surface area contributed by atoms with Gasteiger partial charge in [0.25, 0.3) is 5.91 Å². The van der Waals surface area contributed by atoms with Crippen molar-refractivity contribution in [1.29, 1.82) is 0 Å². The number of likely N-dealkylation sites (tertiary alicyclic amines) is 1. The number of amides is 1. The molecule has 2 heterocycles. The summed E-state index contributed by atoms with van der Waals surface area (Å²) in [7, 11) is 2.87. The zero-order chi connectivity index (χ0) is 21.1. The molecular weight excluding hydrogens is 384 g/mol. The van der Waals surface area contributed by atoms with Crippen molar-refractivity contribution in [2.75, 3.05) is 45.4 Å². The molecule has 7 heteroatoms. The van der Waals surface area contributed by atoms with E-state index < -0.39 is 5.97 Å². The minimum absolute atomic E-state index is 0.0577. The lowest BCUT2D eigenvalue weighted by atomic mass is 10.1. The van der Waals surface area contributed by atoms with Gasteiger partial charge in [-0.15, -0.1) is 0 Å². The summed E-state index contributed by atoms with van der Waals surface area (Å²) in [6.45, 7) is 2.77. The molecular formula is C23H26N2O5. The van der Waals surface area contributed by atoms with Crippen LogP contribution in [-0.4, -0.2) is 57.2 Å². The van der Waals surface area contributed by atoms with Crippen LogP contribution in [0.3, 0.4) is 0 Å². The standard InChI is InChI=1S/C23H26N2O5/c1-28-20-15-17(7-8-18(20)23(27)29-2)25-12-13-30-21-14-16(6-9-19(21)25)22(26)24-10-4-3-5-11-24/h6-9,14-15H,3-5,10-13H2,1-2H3. The number of esters is 1. The molecule has 158 valence electrons. The highest BCUT2D eigenvalue weighted by molar-refractivity contribution is 5.96. The van der Waals surface area contributed by atoms with Gasteiger partial charge in [-0.2, -0.15) is 0 Å². The van der Waals surface area contributed by atoms with Gasteiger partial charge >= 0.3 is 5.97 Å². The molecule has 2 aliphatic heterocycles. The van der Waals surface area contributed by atoms with E-state index in [4.69, 9.17) is 14.2 Å². The van der Waals surface area contributed by atoms with Gasteiger partial charge in [-0.1, -0.05) is 0 Å². The molecule has 0 unspecified atom stereocenters. The van der Waals surface area contributed by atoms with E-state index in [0.717, 1.165) is 37.3 Å². The second-order valence-corrected chi connectivity index (χ2v) is 7.41. The highest BCUT2D eigenvalue weighted by atomic mass is 16.5. The molecule has 0 radical (unpaired) electrons. The number of nitrogens with zero attached hydrogens (tertiary/aromatic N) is 2. The van der Waals surface area contributed by atoms with Crippen LogP contribution in [0, 0.1) is 0 Å². The zero-order valence-electron chi connectivity index (χ0n) is 17.3. The van der Waals surface area contributed by atoms with E-state index in [-0.39, 0.29) is 5.91 Å². The quantitative estimate of drug-likeness (QED) is 0.717. The lowest BCUT2D eigenvalue weighted by molar-refractivity contribution is 0.0596. The van der Waals surface area contributed by atoms with Crippen LogP contribution in [0.4, 0.5) is 11.4 Å². The Hall–Kier alpha value is -3.22. The Kier molecular flexibility index (Phi) is 5.79. The van der Waals surface area contributed by atoms with Crippen LogP contribution in [0.25, 0.3) is 0 Å². The van der Waals surface area contributed by atoms with Crippen molar-refractivity contribution in [3.05, 3.63) is 47.5 Å². The molecule has 4 rings (SSSR count). The molecule has 2 aromatic carbocycles. The average molecular weight is 410 g/mol. The van der Waals surface area contributed by atoms with Crippen molar-refractivity contribution in [1.82, 2.24) is 4.90 Å². The monoisotopic (exact) mass is 410 g/mol. The van der Waals surface area contributed by atoms with Gasteiger partial charge in [0, 0.05) is 30.4 Å². The zero-order valence-corrected chi connectivity index (χ0v) is 17.3. The van der Waals surface area contributed by atoms with Crippen LogP contribution in [-0.2, 0) is 4.74 Å². The fourth-order valence-corrected chi connectivity index (χ4v) is 4.03. The molecule has 1 saturated heterocycles. The third-order valence-electron chi connectivity index (χ3n) is 5.62. The van der Waals surface area contributed by atoms with E-state index in [0.29, 0.717) is 35.8 Å². The Balaban J connectivity index is 1.63. The maximum Gasteiger partial charge on any atom is 0.341 e. The van der Waals surface area contributed by atoms with Crippen LogP contribution in [0.15, 0.2) is 36.4 Å². The smallest absolute Gasteiger partial charge is 0.341 e. The lowest BCUT2D eigenvalue weighted by Gasteiger charge is -2.32. The number of rotatable bonds is 4. The SMILES string of the molecule is COC(=O)c1ccc(N2CCOc3cc(C(=O)N4CCCCC4)ccc32)cc1OC. The van der Waals surface area contributed by atoms with Gasteiger partial charge in [0.1, 0.15) is 23.7 Å². The molecule has 0 bridgehead atoms. The maximum absolute atomic E-state index is 12.8. The normalized spacial score (nSPS) is 15.8. The molecule has 0 atom stereocenters. The summed E-state index contributed by atoms with van der Waals surface area (Å²) in [5.41, 5.74) is 2.78. The number of hydrogen-bond acceptors (Lipinski definition) is 6. The average Bonchev–Trinajstić information content (AvgIpc) is 2.82. The van der Waals surface area contributed by atoms with Gasteiger partial charge in [-0.05, 0) is 49.6 Å². The number of methoxy groups -OCH3 is 2. The van der Waals surface area contributed by atoms with Crippen molar-refractivity contribution in [2.45, 2.75) is 19.3 Å². The van der Waals surface area contributed by atoms with E-state index in [1.165, 1.54) is 20.6 Å². The van der Waals surface area contributed by atoms with Gasteiger partial charge in [-0.3, -0.25) is 4.79 Å². The fourth-order valence-electron chi connectivity index (χ4n) is 4.03. The first-order valence-corrected chi connectivity index (χ1v) is 10.2. The van der Waals surface area contributed by atoms with Crippen LogP contribution in [0.2, 0.25) is 0 Å². The summed E-state index contributed by atoms with van der Waals surface area (Å²) < 4.78 is 16.1. The molecule has 1 amide bonds. The van der Waals surface area contributed by atoms with Gasteiger partial charge in [-0.25, -0.2) is 4.79 Å². The predicted molar refractivity (Wildman–Crippen MR) is 113 cm³/mol. The van der Waals surface area contributed by atoms with E-state index in [1.54, 1.807) is 6.07 Å². The Morgan fingerprint density at radius 1 is 0.967 bits per heavy atom. The highest BCUT2D eigenvalue weighted by Gasteiger charge is 2.25. The van der Waals surface area contributed by atoms with Crippen molar-refractivity contribution in [3.8, 4) is 11.5 Å². The summed E-state index contributed by atoms with van der Waals surface area (Å²) in [6.07, 6.45) is 3.30. The molecule has 0 aliphatic carbocycles. The number of hydrogen-bond donors (Lipinski definition) is 0. The van der Waals surface area contributed by atoms with E-state index in [9.17, 15) is 9.59 Å². The number of carbonyl (C=O) groups excluding carboxylic acids is 2. The maximum atomic E-state index is 12.8. The largest absolute Gasteiger partial charge is 0.496 e. The Morgan fingerprint density at radius 2 is 1.77 bits per heavy atom. The van der Waals surface area contributed by atoms with Gasteiger partial charge < -0.3 is 24.0 Å². The first kappa shape index (κ1) is 20.1. The highest BCUT2D eigenvalue weighted by Crippen LogP contribution is 2.39. The molecule has 30 heavy (non-hydrogen) atoms. The second kappa shape index (κ2) is 8.65. The fraction of sp³-hybridized carbons (Fsp3) is 0.391. The Labute approximate surface area is 176 Å². The lowest BCUT2D eigenvalue weighted by Crippen LogP contribution is -2.35. The molecule has 0 aromatic heterocycles. The summed E-state index contributed by atoms with van der Waals surface area (Å²) >= 11 is 0. The number of carbonyl (C=O) groups is 2. The minimum atomic E-state index is -0.443. The third-order valence-corrected chi connectivity index (χ3v) is 5.62. The van der Waals surface area contributed by atoms with Crippen LogP contribution in [0.1, 0.15) is 40.0 Å². The molecule has 7 nitrogen and oxygen atoms in total. The number of piperidine rings is 1. The number of anilines is 2. The molecule has 2 aromatic rings. The Morgan fingerprint density at radius 3 is 2.50 bits per heavy atom. The summed E-state index contributed by atoms with van der Waals surface area (Å²) in [4.78, 5) is 28.8. The molecule has 0 spiro atoms.